The van der Waals surface area contributed by atoms with Crippen molar-refractivity contribution in [2.24, 2.45) is 11.8 Å². The minimum atomic E-state index is -3.76. The lowest BCUT2D eigenvalue weighted by Gasteiger charge is -2.37. The summed E-state index contributed by atoms with van der Waals surface area (Å²) in [5.74, 6) is 1.60. The summed E-state index contributed by atoms with van der Waals surface area (Å²) in [6, 6.07) is 3.57. The molecule has 3 atom stereocenters. The molecule has 28 heavy (non-hydrogen) atoms. The number of benzene rings is 1. The molecule has 0 amide bonds. The normalized spacial score (nSPS) is 28.0. The maximum absolute atomic E-state index is 13.1. The van der Waals surface area contributed by atoms with E-state index < -0.39 is 10.0 Å². The Labute approximate surface area is 189 Å². The third-order valence-electron chi connectivity index (χ3n) is 6.13. The largest absolute Gasteiger partial charge is 0.360 e. The van der Waals surface area contributed by atoms with Crippen molar-refractivity contribution in [2.45, 2.75) is 36.6 Å². The van der Waals surface area contributed by atoms with Crippen molar-refractivity contribution in [2.75, 3.05) is 26.2 Å². The molecule has 4 rings (SSSR count). The van der Waals surface area contributed by atoms with Crippen molar-refractivity contribution >= 4 is 66.5 Å². The van der Waals surface area contributed by atoms with Gasteiger partial charge in [0.25, 0.3) is 0 Å². The Bertz CT molecular complexity index is 868. The van der Waals surface area contributed by atoms with E-state index in [4.69, 9.17) is 35.4 Å². The van der Waals surface area contributed by atoms with E-state index in [-0.39, 0.29) is 14.9 Å². The highest BCUT2D eigenvalue weighted by Gasteiger charge is 2.40. The SMILES string of the molecule is O=S(=O)(c1c(Cl)cc(Br)cc1Cl)N1CCN(C(=S)N[C@H]2C[C@H]3CC[C@H]2C3)CC1. The number of hydrogen-bond acceptors (Lipinski definition) is 3. The van der Waals surface area contributed by atoms with Crippen LogP contribution in [0.1, 0.15) is 25.7 Å². The molecule has 3 aliphatic rings. The average molecular weight is 527 g/mol. The number of halogens is 3. The van der Waals surface area contributed by atoms with Crippen LogP contribution in [0.5, 0.6) is 0 Å². The van der Waals surface area contributed by atoms with Crippen molar-refractivity contribution in [1.29, 1.82) is 0 Å². The molecular weight excluding hydrogens is 505 g/mol. The Kier molecular flexibility index (Phi) is 6.18. The van der Waals surface area contributed by atoms with Crippen LogP contribution in [0.4, 0.5) is 0 Å². The van der Waals surface area contributed by atoms with E-state index >= 15 is 0 Å². The van der Waals surface area contributed by atoms with Gasteiger partial charge in [0.2, 0.25) is 10.0 Å². The highest BCUT2D eigenvalue weighted by atomic mass is 79.9. The van der Waals surface area contributed by atoms with E-state index in [0.29, 0.717) is 36.7 Å². The van der Waals surface area contributed by atoms with Gasteiger partial charge in [-0.2, -0.15) is 4.31 Å². The molecule has 0 radical (unpaired) electrons. The van der Waals surface area contributed by atoms with Crippen LogP contribution in [0, 0.1) is 11.8 Å². The summed E-state index contributed by atoms with van der Waals surface area (Å²) in [5, 5.41) is 4.52. The summed E-state index contributed by atoms with van der Waals surface area (Å²) in [4.78, 5) is 2.04. The highest BCUT2D eigenvalue weighted by molar-refractivity contribution is 9.10. The summed E-state index contributed by atoms with van der Waals surface area (Å²) in [5.41, 5.74) is 0. The molecule has 0 unspecified atom stereocenters. The molecule has 1 aromatic carbocycles. The summed E-state index contributed by atoms with van der Waals surface area (Å²) >= 11 is 21.2. The molecule has 2 bridgehead atoms. The second kappa shape index (κ2) is 8.19. The Balaban J connectivity index is 1.39. The van der Waals surface area contributed by atoms with Crippen LogP contribution < -0.4 is 5.32 Å². The number of hydrogen-bond donors (Lipinski definition) is 1. The zero-order chi connectivity index (χ0) is 20.1. The molecule has 1 aliphatic heterocycles. The molecule has 1 saturated heterocycles. The smallest absolute Gasteiger partial charge is 0.246 e. The minimum absolute atomic E-state index is 0.0323. The highest BCUT2D eigenvalue weighted by Crippen LogP contribution is 2.44. The molecule has 3 fully saturated rings. The Morgan fingerprint density at radius 1 is 1.11 bits per heavy atom. The Hall–Kier alpha value is -0.120. The van der Waals surface area contributed by atoms with Gasteiger partial charge in [0, 0.05) is 36.7 Å². The van der Waals surface area contributed by atoms with E-state index in [1.807, 2.05) is 0 Å². The van der Waals surface area contributed by atoms with Crippen molar-refractivity contribution in [3.8, 4) is 0 Å². The number of nitrogens with zero attached hydrogens (tertiary/aromatic N) is 2. The standard InChI is InChI=1S/C18H22BrCl2N3O2S2/c19-13-9-14(20)17(15(21)10-13)28(25,26)24-5-3-23(4-6-24)18(27)22-16-8-11-1-2-12(16)7-11/h9-12,16H,1-8H2,(H,22,27)/t11-,12-,16-/m0/s1. The molecule has 1 N–H and O–H groups in total. The van der Waals surface area contributed by atoms with Gasteiger partial charge in [0.15, 0.2) is 5.11 Å². The van der Waals surface area contributed by atoms with Gasteiger partial charge in [-0.3, -0.25) is 0 Å². The number of fused-ring (bicyclic) bond motifs is 2. The Morgan fingerprint density at radius 3 is 2.29 bits per heavy atom. The maximum atomic E-state index is 13.1. The monoisotopic (exact) mass is 525 g/mol. The summed E-state index contributed by atoms with van der Waals surface area (Å²) in [6.45, 7) is 1.81. The quantitative estimate of drug-likeness (QED) is 0.600. The number of thiocarbonyl (C=S) groups is 1. The second-order valence-corrected chi connectivity index (χ2v) is 11.8. The van der Waals surface area contributed by atoms with Gasteiger partial charge < -0.3 is 10.2 Å². The van der Waals surface area contributed by atoms with Crippen molar-refractivity contribution in [1.82, 2.24) is 14.5 Å². The third kappa shape index (κ3) is 4.05. The zero-order valence-electron chi connectivity index (χ0n) is 15.2. The van der Waals surface area contributed by atoms with Crippen molar-refractivity contribution < 1.29 is 8.42 Å². The first-order valence-electron chi connectivity index (χ1n) is 9.46. The van der Waals surface area contributed by atoms with E-state index in [2.05, 4.69) is 26.1 Å². The van der Waals surface area contributed by atoms with Crippen LogP contribution >= 0.6 is 51.3 Å². The van der Waals surface area contributed by atoms with Gasteiger partial charge in [-0.1, -0.05) is 45.6 Å². The average Bonchev–Trinajstić information content (AvgIpc) is 3.23. The zero-order valence-corrected chi connectivity index (χ0v) is 19.9. The first kappa shape index (κ1) is 21.1. The summed E-state index contributed by atoms with van der Waals surface area (Å²) < 4.78 is 28.2. The fraction of sp³-hybridized carbons (Fsp3) is 0.611. The fourth-order valence-electron chi connectivity index (χ4n) is 4.71. The number of sulfonamides is 1. The van der Waals surface area contributed by atoms with E-state index in [1.54, 1.807) is 12.1 Å². The molecule has 1 aromatic rings. The molecule has 1 heterocycles. The molecular formula is C18H22BrCl2N3O2S2. The fourth-order valence-corrected chi connectivity index (χ4v) is 8.35. The topological polar surface area (TPSA) is 52.7 Å². The second-order valence-electron chi connectivity index (χ2n) is 7.82. The third-order valence-corrected chi connectivity index (χ3v) is 9.79. The number of rotatable bonds is 3. The first-order valence-corrected chi connectivity index (χ1v) is 12.9. The molecule has 2 aliphatic carbocycles. The van der Waals surface area contributed by atoms with Crippen LogP contribution in [0.2, 0.25) is 10.0 Å². The van der Waals surface area contributed by atoms with E-state index in [1.165, 1.54) is 30.0 Å². The van der Waals surface area contributed by atoms with Crippen LogP contribution in [0.15, 0.2) is 21.5 Å². The van der Waals surface area contributed by atoms with Crippen LogP contribution in [-0.2, 0) is 10.0 Å². The number of nitrogens with one attached hydrogen (secondary N) is 1. The van der Waals surface area contributed by atoms with Crippen molar-refractivity contribution in [3.63, 3.8) is 0 Å². The van der Waals surface area contributed by atoms with Crippen LogP contribution in [0.3, 0.4) is 0 Å². The predicted octanol–water partition coefficient (Wildman–Crippen LogP) is 4.13. The van der Waals surface area contributed by atoms with Gasteiger partial charge in [-0.15, -0.1) is 0 Å². The predicted molar refractivity (Wildman–Crippen MR) is 119 cm³/mol. The Morgan fingerprint density at radius 2 is 1.75 bits per heavy atom. The minimum Gasteiger partial charge on any atom is -0.360 e. The van der Waals surface area contributed by atoms with Gasteiger partial charge in [0.1, 0.15) is 4.90 Å². The van der Waals surface area contributed by atoms with Gasteiger partial charge in [-0.25, -0.2) is 8.42 Å². The lowest BCUT2D eigenvalue weighted by molar-refractivity contribution is 0.258. The van der Waals surface area contributed by atoms with E-state index in [0.717, 1.165) is 16.9 Å². The molecule has 2 saturated carbocycles. The molecule has 10 heteroatoms. The van der Waals surface area contributed by atoms with Crippen LogP contribution in [0.25, 0.3) is 0 Å². The van der Waals surface area contributed by atoms with Crippen LogP contribution in [-0.4, -0.2) is 55.0 Å². The number of piperazine rings is 1. The first-order chi connectivity index (χ1) is 13.3. The lowest BCUT2D eigenvalue weighted by Crippen LogP contribution is -2.55. The van der Waals surface area contributed by atoms with Gasteiger partial charge in [0.05, 0.1) is 10.0 Å². The molecule has 5 nitrogen and oxygen atoms in total. The lowest BCUT2D eigenvalue weighted by atomic mass is 9.95. The van der Waals surface area contributed by atoms with Gasteiger partial charge >= 0.3 is 0 Å². The van der Waals surface area contributed by atoms with Gasteiger partial charge in [-0.05, 0) is 55.4 Å². The van der Waals surface area contributed by atoms with E-state index in [9.17, 15) is 8.42 Å². The maximum Gasteiger partial charge on any atom is 0.246 e. The summed E-state index contributed by atoms with van der Waals surface area (Å²) in [6.07, 6.45) is 5.18. The molecule has 0 spiro atoms. The summed E-state index contributed by atoms with van der Waals surface area (Å²) in [7, 11) is -3.76. The molecule has 154 valence electrons. The van der Waals surface area contributed by atoms with Crippen molar-refractivity contribution in [3.05, 3.63) is 26.7 Å². The molecule has 0 aromatic heterocycles.